The van der Waals surface area contributed by atoms with Crippen LogP contribution in [0, 0.1) is 11.8 Å². The standard InChI is InChI=1S/C11H18O3Si/c12-8-4-7-10-6(8)5-9(14-10)11(7)13-2-1-3-15/h6-7,9-11H,1-5H2,15H3. The summed E-state index contributed by atoms with van der Waals surface area (Å²) in [4.78, 5) is 11.6. The Balaban J connectivity index is 1.65. The Morgan fingerprint density at radius 1 is 1.53 bits per heavy atom. The first-order valence-corrected chi connectivity index (χ1v) is 7.52. The van der Waals surface area contributed by atoms with Crippen molar-refractivity contribution in [2.75, 3.05) is 6.61 Å². The third-order valence-corrected chi connectivity index (χ3v) is 4.79. The average Bonchev–Trinajstić information content (AvgIpc) is 2.81. The zero-order valence-electron chi connectivity index (χ0n) is 9.15. The Morgan fingerprint density at radius 2 is 2.40 bits per heavy atom. The van der Waals surface area contributed by atoms with E-state index in [2.05, 4.69) is 0 Å². The zero-order chi connectivity index (χ0) is 10.4. The van der Waals surface area contributed by atoms with Gasteiger partial charge in [0.15, 0.2) is 0 Å². The van der Waals surface area contributed by atoms with Crippen molar-refractivity contribution in [3.63, 3.8) is 0 Å². The summed E-state index contributed by atoms with van der Waals surface area (Å²) in [7, 11) is 1.26. The highest BCUT2D eigenvalue weighted by atomic mass is 28.1. The summed E-state index contributed by atoms with van der Waals surface area (Å²) >= 11 is 0. The van der Waals surface area contributed by atoms with Gasteiger partial charge < -0.3 is 9.47 Å². The minimum Gasteiger partial charge on any atom is -0.375 e. The molecule has 0 spiro atoms. The van der Waals surface area contributed by atoms with E-state index in [1.165, 1.54) is 22.7 Å². The number of hydrogen-bond acceptors (Lipinski definition) is 3. The minimum atomic E-state index is 0.212. The van der Waals surface area contributed by atoms with E-state index in [0.29, 0.717) is 18.1 Å². The molecule has 0 radical (unpaired) electrons. The highest BCUT2D eigenvalue weighted by Gasteiger charge is 2.61. The van der Waals surface area contributed by atoms with Crippen LogP contribution in [0.3, 0.4) is 0 Å². The molecule has 0 amide bonds. The lowest BCUT2D eigenvalue weighted by atomic mass is 9.86. The molecule has 3 rings (SSSR count). The second-order valence-corrected chi connectivity index (χ2v) is 6.00. The normalized spacial score (nSPS) is 46.9. The van der Waals surface area contributed by atoms with Gasteiger partial charge in [0.2, 0.25) is 0 Å². The molecular weight excluding hydrogens is 208 g/mol. The quantitative estimate of drug-likeness (QED) is 0.497. The van der Waals surface area contributed by atoms with Crippen molar-refractivity contribution < 1.29 is 14.3 Å². The highest BCUT2D eigenvalue weighted by molar-refractivity contribution is 6.08. The van der Waals surface area contributed by atoms with Gasteiger partial charge in [0.05, 0.1) is 18.3 Å². The van der Waals surface area contributed by atoms with Crippen LogP contribution in [0.5, 0.6) is 0 Å². The molecular formula is C11H18O3Si. The SMILES string of the molecule is O=C1CC2C(OCCC[SiH3])C3CC1C2O3. The second-order valence-electron chi connectivity index (χ2n) is 5.00. The van der Waals surface area contributed by atoms with Crippen LogP contribution in [0.15, 0.2) is 0 Å². The highest BCUT2D eigenvalue weighted by Crippen LogP contribution is 2.51. The number of hydrogen-bond donors (Lipinski definition) is 0. The van der Waals surface area contributed by atoms with Gasteiger partial charge in [-0.05, 0) is 12.8 Å². The fourth-order valence-corrected chi connectivity index (χ4v) is 3.62. The number of carbonyl (C=O) groups excluding carboxylic acids is 1. The van der Waals surface area contributed by atoms with Gasteiger partial charge >= 0.3 is 0 Å². The number of rotatable bonds is 4. The Labute approximate surface area is 92.9 Å². The van der Waals surface area contributed by atoms with Crippen molar-refractivity contribution in [3.05, 3.63) is 0 Å². The van der Waals surface area contributed by atoms with Crippen LogP contribution < -0.4 is 0 Å². The molecule has 1 aliphatic carbocycles. The maximum absolute atomic E-state index is 11.6. The van der Waals surface area contributed by atoms with E-state index in [9.17, 15) is 4.79 Å². The van der Waals surface area contributed by atoms with Crippen LogP contribution in [0.1, 0.15) is 19.3 Å². The number of Topliss-reactive ketones (excluding diaryl/α,β-unsaturated/α-hetero) is 1. The summed E-state index contributed by atoms with van der Waals surface area (Å²) < 4.78 is 11.7. The Kier molecular flexibility index (Phi) is 2.45. The molecule has 0 aromatic carbocycles. The summed E-state index contributed by atoms with van der Waals surface area (Å²) in [5.41, 5.74) is 0. The van der Waals surface area contributed by atoms with E-state index < -0.39 is 0 Å². The van der Waals surface area contributed by atoms with E-state index in [1.807, 2.05) is 0 Å². The summed E-state index contributed by atoms with van der Waals surface area (Å²) in [6, 6.07) is 1.30. The maximum Gasteiger partial charge on any atom is 0.139 e. The third-order valence-electron chi connectivity index (χ3n) is 4.08. The van der Waals surface area contributed by atoms with E-state index in [4.69, 9.17) is 9.47 Å². The lowest BCUT2D eigenvalue weighted by molar-refractivity contribution is -0.121. The smallest absolute Gasteiger partial charge is 0.139 e. The second kappa shape index (κ2) is 3.68. The van der Waals surface area contributed by atoms with Crippen molar-refractivity contribution in [3.8, 4) is 0 Å². The Hall–Kier alpha value is -0.193. The fourth-order valence-electron chi connectivity index (χ4n) is 3.34. The predicted molar refractivity (Wildman–Crippen MR) is 59.0 cm³/mol. The molecule has 2 bridgehead atoms. The van der Waals surface area contributed by atoms with Gasteiger partial charge in [0.25, 0.3) is 0 Å². The van der Waals surface area contributed by atoms with E-state index in [-0.39, 0.29) is 24.2 Å². The summed E-state index contributed by atoms with van der Waals surface area (Å²) in [5, 5.41) is 0. The molecule has 5 atom stereocenters. The molecule has 0 N–H and O–H groups in total. The molecule has 84 valence electrons. The van der Waals surface area contributed by atoms with Gasteiger partial charge in [-0.2, -0.15) is 0 Å². The fraction of sp³-hybridized carbons (Fsp3) is 0.909. The molecule has 2 heterocycles. The van der Waals surface area contributed by atoms with Crippen LogP contribution in [-0.4, -0.2) is 40.9 Å². The Morgan fingerprint density at radius 3 is 3.20 bits per heavy atom. The summed E-state index contributed by atoms with van der Waals surface area (Å²) in [6.45, 7) is 0.857. The molecule has 0 aromatic heterocycles. The molecule has 2 saturated heterocycles. The first-order chi connectivity index (χ1) is 7.31. The van der Waals surface area contributed by atoms with E-state index in [0.717, 1.165) is 13.0 Å². The number of fused-ring (bicyclic) bond motifs is 1. The first kappa shape index (κ1) is 9.99. The molecule has 4 heteroatoms. The molecule has 5 unspecified atom stereocenters. The molecule has 3 aliphatic rings. The van der Waals surface area contributed by atoms with Gasteiger partial charge in [0, 0.05) is 35.1 Å². The van der Waals surface area contributed by atoms with Gasteiger partial charge in [-0.1, -0.05) is 6.04 Å². The summed E-state index contributed by atoms with van der Waals surface area (Å²) in [5.74, 6) is 1.02. The van der Waals surface area contributed by atoms with Gasteiger partial charge in [-0.25, -0.2) is 0 Å². The van der Waals surface area contributed by atoms with Gasteiger partial charge in [-0.3, -0.25) is 4.79 Å². The van der Waals surface area contributed by atoms with Gasteiger partial charge in [-0.15, -0.1) is 0 Å². The van der Waals surface area contributed by atoms with Crippen molar-refractivity contribution in [2.45, 2.75) is 43.6 Å². The molecule has 1 saturated carbocycles. The van der Waals surface area contributed by atoms with Crippen molar-refractivity contribution >= 4 is 16.0 Å². The Bertz CT molecular complexity index is 281. The monoisotopic (exact) mass is 226 g/mol. The number of ether oxygens (including phenoxy) is 2. The van der Waals surface area contributed by atoms with E-state index in [1.54, 1.807) is 0 Å². The topological polar surface area (TPSA) is 35.5 Å². The van der Waals surface area contributed by atoms with Crippen molar-refractivity contribution in [1.82, 2.24) is 0 Å². The first-order valence-electron chi connectivity index (χ1n) is 6.11. The van der Waals surface area contributed by atoms with Crippen molar-refractivity contribution in [1.29, 1.82) is 0 Å². The van der Waals surface area contributed by atoms with Crippen molar-refractivity contribution in [2.24, 2.45) is 11.8 Å². The van der Waals surface area contributed by atoms with Crippen LogP contribution in [0.2, 0.25) is 6.04 Å². The molecule has 3 nitrogen and oxygen atoms in total. The predicted octanol–water partition coefficient (Wildman–Crippen LogP) is -0.0783. The van der Waals surface area contributed by atoms with Gasteiger partial charge in [0.1, 0.15) is 5.78 Å². The number of carbonyl (C=O) groups is 1. The van der Waals surface area contributed by atoms with Crippen LogP contribution in [0.25, 0.3) is 0 Å². The third kappa shape index (κ3) is 1.42. The summed E-state index contributed by atoms with van der Waals surface area (Å²) in [6.07, 6.45) is 3.47. The lowest BCUT2D eigenvalue weighted by Gasteiger charge is -2.24. The number of ketones is 1. The van der Waals surface area contributed by atoms with Crippen LogP contribution in [0.4, 0.5) is 0 Å². The molecule has 2 aliphatic heterocycles. The molecule has 3 fully saturated rings. The zero-order valence-corrected chi connectivity index (χ0v) is 11.1. The molecule has 0 aromatic rings. The average molecular weight is 226 g/mol. The lowest BCUT2D eigenvalue weighted by Crippen LogP contribution is -2.34. The maximum atomic E-state index is 11.6. The largest absolute Gasteiger partial charge is 0.375 e. The van der Waals surface area contributed by atoms with Crippen LogP contribution in [-0.2, 0) is 14.3 Å². The van der Waals surface area contributed by atoms with E-state index >= 15 is 0 Å². The molecule has 15 heavy (non-hydrogen) atoms. The van der Waals surface area contributed by atoms with Crippen LogP contribution >= 0.6 is 0 Å². The minimum absolute atomic E-state index is 0.212.